The monoisotopic (exact) mass is 354 g/mol. The molecule has 4 heteroatoms. The van der Waals surface area contributed by atoms with E-state index in [4.69, 9.17) is 4.74 Å². The van der Waals surface area contributed by atoms with Crippen LogP contribution in [0, 0.1) is 5.92 Å². The summed E-state index contributed by atoms with van der Waals surface area (Å²) in [5.41, 5.74) is 4.00. The third-order valence-electron chi connectivity index (χ3n) is 6.15. The molecule has 1 aliphatic carbocycles. The van der Waals surface area contributed by atoms with E-state index >= 15 is 0 Å². The van der Waals surface area contributed by atoms with E-state index in [2.05, 4.69) is 40.6 Å². The van der Waals surface area contributed by atoms with Crippen LogP contribution in [-0.4, -0.2) is 43.2 Å². The topological polar surface area (TPSA) is 41.6 Å². The summed E-state index contributed by atoms with van der Waals surface area (Å²) in [5.74, 6) is 0.150. The fourth-order valence-corrected chi connectivity index (χ4v) is 4.11. The standard InChI is InChI=1S/C22H30N2O2/c25-22(20-10-13-26-16-20)23-15-19-6-4-17(5-7-19)14-18-8-11-24(12-9-18)21-2-1-3-21/h4-7,14,20-21H,1-3,8-13,15-16H2,(H,23,25). The summed E-state index contributed by atoms with van der Waals surface area (Å²) >= 11 is 0. The van der Waals surface area contributed by atoms with Crippen LogP contribution in [-0.2, 0) is 16.1 Å². The minimum atomic E-state index is 0.0322. The number of nitrogens with zero attached hydrogens (tertiary/aromatic N) is 1. The average Bonchev–Trinajstić information content (AvgIpc) is 3.16. The number of ether oxygens (including phenoxy) is 1. The Morgan fingerprint density at radius 3 is 2.54 bits per heavy atom. The molecule has 1 saturated carbocycles. The fourth-order valence-electron chi connectivity index (χ4n) is 4.11. The van der Waals surface area contributed by atoms with Crippen molar-refractivity contribution in [3.63, 3.8) is 0 Å². The Morgan fingerprint density at radius 2 is 1.92 bits per heavy atom. The Morgan fingerprint density at radius 1 is 1.15 bits per heavy atom. The molecule has 0 bridgehead atoms. The van der Waals surface area contributed by atoms with Gasteiger partial charge in [-0.05, 0) is 43.2 Å². The predicted octanol–water partition coefficient (Wildman–Crippen LogP) is 3.37. The molecular weight excluding hydrogens is 324 g/mol. The molecule has 4 nitrogen and oxygen atoms in total. The SMILES string of the molecule is O=C(NCc1ccc(C=C2CCN(C3CCC3)CC2)cc1)C1CCOC1. The first kappa shape index (κ1) is 17.7. The van der Waals surface area contributed by atoms with Gasteiger partial charge in [0.25, 0.3) is 0 Å². The van der Waals surface area contributed by atoms with E-state index in [1.165, 1.54) is 50.8 Å². The second-order valence-corrected chi connectivity index (χ2v) is 7.94. The summed E-state index contributed by atoms with van der Waals surface area (Å²) in [6.45, 7) is 4.33. The molecule has 2 heterocycles. The summed E-state index contributed by atoms with van der Waals surface area (Å²) in [7, 11) is 0. The Kier molecular flexibility index (Phi) is 5.71. The normalized spacial score (nSPS) is 24.3. The van der Waals surface area contributed by atoms with Gasteiger partial charge in [-0.2, -0.15) is 0 Å². The molecule has 1 atom stereocenters. The number of rotatable bonds is 5. The average molecular weight is 354 g/mol. The molecule has 1 aromatic carbocycles. The molecule has 140 valence electrons. The lowest BCUT2D eigenvalue weighted by molar-refractivity contribution is -0.125. The Balaban J connectivity index is 1.25. The second kappa shape index (κ2) is 8.36. The van der Waals surface area contributed by atoms with Gasteiger partial charge in [-0.3, -0.25) is 9.69 Å². The van der Waals surface area contributed by atoms with Crippen LogP contribution in [0.4, 0.5) is 0 Å². The number of carbonyl (C=O) groups excluding carboxylic acids is 1. The highest BCUT2D eigenvalue weighted by atomic mass is 16.5. The summed E-state index contributed by atoms with van der Waals surface area (Å²) in [6.07, 6.45) is 9.85. The zero-order chi connectivity index (χ0) is 17.8. The molecule has 3 aliphatic rings. The predicted molar refractivity (Wildman–Crippen MR) is 104 cm³/mol. The zero-order valence-corrected chi connectivity index (χ0v) is 15.6. The first-order valence-electron chi connectivity index (χ1n) is 10.2. The summed E-state index contributed by atoms with van der Waals surface area (Å²) in [6, 6.07) is 9.47. The third-order valence-corrected chi connectivity index (χ3v) is 6.15. The van der Waals surface area contributed by atoms with Crippen molar-refractivity contribution < 1.29 is 9.53 Å². The van der Waals surface area contributed by atoms with E-state index < -0.39 is 0 Å². The van der Waals surface area contributed by atoms with Crippen molar-refractivity contribution in [1.82, 2.24) is 10.2 Å². The Labute approximate surface area is 156 Å². The highest BCUT2D eigenvalue weighted by Crippen LogP contribution is 2.29. The minimum absolute atomic E-state index is 0.0322. The maximum absolute atomic E-state index is 12.0. The van der Waals surface area contributed by atoms with Gasteiger partial charge in [-0.25, -0.2) is 0 Å². The fraction of sp³-hybridized carbons (Fsp3) is 0.591. The lowest BCUT2D eigenvalue weighted by Crippen LogP contribution is -2.43. The number of hydrogen-bond acceptors (Lipinski definition) is 3. The molecule has 26 heavy (non-hydrogen) atoms. The maximum atomic E-state index is 12.0. The number of amides is 1. The summed E-state index contributed by atoms with van der Waals surface area (Å²) < 4.78 is 5.28. The molecule has 2 aliphatic heterocycles. The van der Waals surface area contributed by atoms with Crippen molar-refractivity contribution in [2.75, 3.05) is 26.3 Å². The largest absolute Gasteiger partial charge is 0.381 e. The number of benzene rings is 1. The molecular formula is C22H30N2O2. The molecule has 1 N–H and O–H groups in total. The number of piperidine rings is 1. The van der Waals surface area contributed by atoms with Gasteiger partial charge in [0.1, 0.15) is 0 Å². The highest BCUT2D eigenvalue weighted by Gasteiger charge is 2.26. The minimum Gasteiger partial charge on any atom is -0.381 e. The van der Waals surface area contributed by atoms with E-state index in [9.17, 15) is 4.79 Å². The van der Waals surface area contributed by atoms with E-state index in [0.29, 0.717) is 19.8 Å². The van der Waals surface area contributed by atoms with Crippen molar-refractivity contribution in [1.29, 1.82) is 0 Å². The van der Waals surface area contributed by atoms with E-state index in [-0.39, 0.29) is 11.8 Å². The van der Waals surface area contributed by atoms with Gasteiger partial charge in [-0.15, -0.1) is 0 Å². The van der Waals surface area contributed by atoms with Crippen LogP contribution in [0.2, 0.25) is 0 Å². The van der Waals surface area contributed by atoms with E-state index in [1.54, 1.807) is 5.57 Å². The number of hydrogen-bond donors (Lipinski definition) is 1. The van der Waals surface area contributed by atoms with E-state index in [0.717, 1.165) is 18.0 Å². The van der Waals surface area contributed by atoms with Gasteiger partial charge in [0.05, 0.1) is 12.5 Å². The second-order valence-electron chi connectivity index (χ2n) is 7.94. The van der Waals surface area contributed by atoms with Gasteiger partial charge < -0.3 is 10.1 Å². The molecule has 3 fully saturated rings. The number of likely N-dealkylation sites (tertiary alicyclic amines) is 1. The van der Waals surface area contributed by atoms with Gasteiger partial charge in [0, 0.05) is 32.3 Å². The maximum Gasteiger partial charge on any atom is 0.225 e. The molecule has 0 aromatic heterocycles. The van der Waals surface area contributed by atoms with Gasteiger partial charge >= 0.3 is 0 Å². The smallest absolute Gasteiger partial charge is 0.225 e. The molecule has 0 radical (unpaired) electrons. The Bertz CT molecular complexity index is 633. The first-order chi connectivity index (χ1) is 12.8. The van der Waals surface area contributed by atoms with Crippen LogP contribution in [0.1, 0.15) is 49.7 Å². The van der Waals surface area contributed by atoms with Gasteiger partial charge in [0.15, 0.2) is 0 Å². The lowest BCUT2D eigenvalue weighted by Gasteiger charge is -2.40. The molecule has 1 aromatic rings. The van der Waals surface area contributed by atoms with Crippen LogP contribution in [0.3, 0.4) is 0 Å². The van der Waals surface area contributed by atoms with Crippen LogP contribution in [0.25, 0.3) is 6.08 Å². The van der Waals surface area contributed by atoms with Crippen molar-refractivity contribution in [2.45, 2.75) is 51.1 Å². The quantitative estimate of drug-likeness (QED) is 0.881. The summed E-state index contributed by atoms with van der Waals surface area (Å²) in [5, 5.41) is 3.03. The van der Waals surface area contributed by atoms with Crippen molar-refractivity contribution in [3.05, 3.63) is 41.0 Å². The van der Waals surface area contributed by atoms with Crippen LogP contribution < -0.4 is 5.32 Å². The zero-order valence-electron chi connectivity index (χ0n) is 15.6. The molecule has 1 unspecified atom stereocenters. The van der Waals surface area contributed by atoms with Crippen molar-refractivity contribution in [3.8, 4) is 0 Å². The van der Waals surface area contributed by atoms with Crippen LogP contribution in [0.15, 0.2) is 29.8 Å². The van der Waals surface area contributed by atoms with Gasteiger partial charge in [0.2, 0.25) is 5.91 Å². The van der Waals surface area contributed by atoms with Crippen molar-refractivity contribution in [2.24, 2.45) is 5.92 Å². The number of nitrogens with one attached hydrogen (secondary N) is 1. The van der Waals surface area contributed by atoms with Gasteiger partial charge in [-0.1, -0.05) is 42.3 Å². The third kappa shape index (κ3) is 4.36. The molecule has 2 saturated heterocycles. The molecule has 4 rings (SSSR count). The lowest BCUT2D eigenvalue weighted by atomic mass is 9.89. The molecule has 0 spiro atoms. The summed E-state index contributed by atoms with van der Waals surface area (Å²) in [4.78, 5) is 14.7. The van der Waals surface area contributed by atoms with E-state index in [1.807, 2.05) is 0 Å². The van der Waals surface area contributed by atoms with Crippen LogP contribution >= 0.6 is 0 Å². The number of carbonyl (C=O) groups is 1. The Hall–Kier alpha value is -1.65. The molecule has 1 amide bonds. The van der Waals surface area contributed by atoms with Crippen molar-refractivity contribution >= 4 is 12.0 Å². The first-order valence-corrected chi connectivity index (χ1v) is 10.2. The highest BCUT2D eigenvalue weighted by molar-refractivity contribution is 5.79. The van der Waals surface area contributed by atoms with Crippen LogP contribution in [0.5, 0.6) is 0 Å².